The topological polar surface area (TPSA) is 86.7 Å². The number of aromatic nitrogens is 2. The van der Waals surface area contributed by atoms with Gasteiger partial charge in [0.15, 0.2) is 0 Å². The van der Waals surface area contributed by atoms with E-state index in [0.29, 0.717) is 17.1 Å². The van der Waals surface area contributed by atoms with Gasteiger partial charge in [-0.2, -0.15) is 0 Å². The molecule has 0 saturated carbocycles. The van der Waals surface area contributed by atoms with Crippen LogP contribution in [0.3, 0.4) is 0 Å². The molecule has 0 aliphatic rings. The van der Waals surface area contributed by atoms with Crippen LogP contribution in [0.4, 0.5) is 5.69 Å². The first kappa shape index (κ1) is 19.1. The summed E-state index contributed by atoms with van der Waals surface area (Å²) in [4.78, 5) is 27.0. The van der Waals surface area contributed by atoms with E-state index in [0.717, 1.165) is 16.7 Å². The zero-order valence-electron chi connectivity index (χ0n) is 16.1. The normalized spacial score (nSPS) is 11.1. The predicted molar refractivity (Wildman–Crippen MR) is 113 cm³/mol. The fourth-order valence-corrected chi connectivity index (χ4v) is 2.91. The average molecular weight is 399 g/mol. The van der Waals surface area contributed by atoms with Crippen LogP contribution in [-0.4, -0.2) is 20.3 Å². The van der Waals surface area contributed by atoms with Crippen LogP contribution in [-0.2, 0) is 4.79 Å². The van der Waals surface area contributed by atoms with Gasteiger partial charge in [-0.15, -0.1) is 0 Å². The first-order valence-corrected chi connectivity index (χ1v) is 9.18. The van der Waals surface area contributed by atoms with Crippen molar-refractivity contribution in [2.24, 2.45) is 0 Å². The Morgan fingerprint density at radius 1 is 1.03 bits per heavy atom. The van der Waals surface area contributed by atoms with Crippen LogP contribution < -0.4 is 4.74 Å². The molecule has 7 heteroatoms. The minimum atomic E-state index is -0.469. The number of aryl methyl sites for hydroxylation is 1. The van der Waals surface area contributed by atoms with Crippen molar-refractivity contribution in [3.8, 4) is 17.0 Å². The second-order valence-corrected chi connectivity index (χ2v) is 6.73. The first-order chi connectivity index (χ1) is 14.5. The smallest absolute Gasteiger partial charge is 0.336 e. The van der Waals surface area contributed by atoms with E-state index in [9.17, 15) is 14.9 Å². The fraction of sp³-hybridized carbons (Fsp3) is 0.0435. The largest absolute Gasteiger partial charge is 0.423 e. The number of nitrogens with zero attached hydrogens (tertiary/aromatic N) is 3. The van der Waals surface area contributed by atoms with E-state index >= 15 is 0 Å². The van der Waals surface area contributed by atoms with Gasteiger partial charge in [0.2, 0.25) is 0 Å². The lowest BCUT2D eigenvalue weighted by Crippen LogP contribution is -2.03. The SMILES string of the molecule is Cc1ccc(/C=C/C(=O)Oc2ccc(-c3cn4cc([N+](=O)[O-])ccc4n3)cc2)cc1. The van der Waals surface area contributed by atoms with Crippen LogP contribution in [0.2, 0.25) is 0 Å². The molecular formula is C23H17N3O4. The van der Waals surface area contributed by atoms with Gasteiger partial charge in [0.1, 0.15) is 11.4 Å². The minimum absolute atomic E-state index is 0.00703. The molecule has 4 rings (SSSR count). The number of nitro groups is 1. The molecule has 0 radical (unpaired) electrons. The van der Waals surface area contributed by atoms with Crippen LogP contribution in [0.1, 0.15) is 11.1 Å². The minimum Gasteiger partial charge on any atom is -0.423 e. The van der Waals surface area contributed by atoms with Gasteiger partial charge in [0, 0.05) is 23.9 Å². The van der Waals surface area contributed by atoms with E-state index in [2.05, 4.69) is 4.98 Å². The molecule has 2 heterocycles. The van der Waals surface area contributed by atoms with Gasteiger partial charge in [-0.1, -0.05) is 29.8 Å². The van der Waals surface area contributed by atoms with Gasteiger partial charge in [0.25, 0.3) is 5.69 Å². The van der Waals surface area contributed by atoms with Crippen molar-refractivity contribution in [1.29, 1.82) is 0 Å². The third-order valence-electron chi connectivity index (χ3n) is 4.50. The Labute approximate surface area is 172 Å². The number of fused-ring (bicyclic) bond motifs is 1. The summed E-state index contributed by atoms with van der Waals surface area (Å²) in [6, 6.07) is 17.7. The number of hydrogen-bond acceptors (Lipinski definition) is 5. The molecule has 0 saturated heterocycles. The van der Waals surface area contributed by atoms with Crippen molar-refractivity contribution in [3.63, 3.8) is 0 Å². The highest BCUT2D eigenvalue weighted by Gasteiger charge is 2.10. The Bertz CT molecular complexity index is 1260. The highest BCUT2D eigenvalue weighted by Crippen LogP contribution is 2.23. The molecular weight excluding hydrogens is 382 g/mol. The van der Waals surface area contributed by atoms with Gasteiger partial charge >= 0.3 is 5.97 Å². The maximum Gasteiger partial charge on any atom is 0.336 e. The molecule has 0 bridgehead atoms. The van der Waals surface area contributed by atoms with Crippen molar-refractivity contribution in [3.05, 3.63) is 100 Å². The lowest BCUT2D eigenvalue weighted by atomic mass is 10.1. The second kappa shape index (κ2) is 8.00. The number of carbonyl (C=O) groups excluding carboxylic acids is 1. The van der Waals surface area contributed by atoms with E-state index in [4.69, 9.17) is 4.74 Å². The van der Waals surface area contributed by atoms with Crippen molar-refractivity contribution in [1.82, 2.24) is 9.38 Å². The van der Waals surface area contributed by atoms with Crippen molar-refractivity contribution < 1.29 is 14.5 Å². The van der Waals surface area contributed by atoms with Crippen LogP contribution in [0.15, 0.2) is 79.1 Å². The molecule has 0 aliphatic heterocycles. The maximum atomic E-state index is 12.0. The van der Waals surface area contributed by atoms with Crippen LogP contribution in [0.25, 0.3) is 23.0 Å². The Kier molecular flexibility index (Phi) is 5.09. The lowest BCUT2D eigenvalue weighted by molar-refractivity contribution is -0.385. The van der Waals surface area contributed by atoms with Crippen LogP contribution in [0.5, 0.6) is 5.75 Å². The van der Waals surface area contributed by atoms with Gasteiger partial charge in [-0.25, -0.2) is 9.78 Å². The molecule has 2 aromatic carbocycles. The van der Waals surface area contributed by atoms with E-state index in [1.165, 1.54) is 18.3 Å². The third-order valence-corrected chi connectivity index (χ3v) is 4.50. The van der Waals surface area contributed by atoms with Crippen LogP contribution >= 0.6 is 0 Å². The summed E-state index contributed by atoms with van der Waals surface area (Å²) in [5.74, 6) is -0.0555. The maximum absolute atomic E-state index is 12.0. The fourth-order valence-electron chi connectivity index (χ4n) is 2.91. The predicted octanol–water partition coefficient (Wildman–Crippen LogP) is 4.84. The molecule has 4 aromatic rings. The summed E-state index contributed by atoms with van der Waals surface area (Å²) in [6.45, 7) is 2.00. The first-order valence-electron chi connectivity index (χ1n) is 9.18. The molecule has 0 spiro atoms. The number of pyridine rings is 1. The van der Waals surface area contributed by atoms with E-state index in [1.54, 1.807) is 47.0 Å². The molecule has 30 heavy (non-hydrogen) atoms. The monoisotopic (exact) mass is 399 g/mol. The zero-order valence-corrected chi connectivity index (χ0v) is 16.1. The molecule has 0 unspecified atom stereocenters. The Hall–Kier alpha value is -4.26. The summed E-state index contributed by atoms with van der Waals surface area (Å²) >= 11 is 0. The second-order valence-electron chi connectivity index (χ2n) is 6.73. The number of carbonyl (C=O) groups is 1. The highest BCUT2D eigenvalue weighted by molar-refractivity contribution is 5.88. The molecule has 2 aromatic heterocycles. The zero-order chi connectivity index (χ0) is 21.1. The molecule has 7 nitrogen and oxygen atoms in total. The van der Waals surface area contributed by atoms with Gasteiger partial charge in [0.05, 0.1) is 16.8 Å². The quantitative estimate of drug-likeness (QED) is 0.158. The summed E-state index contributed by atoms with van der Waals surface area (Å²) in [7, 11) is 0. The van der Waals surface area contributed by atoms with Crippen molar-refractivity contribution >= 4 is 23.4 Å². The molecule has 0 fully saturated rings. The van der Waals surface area contributed by atoms with Gasteiger partial charge < -0.3 is 4.74 Å². The molecule has 0 amide bonds. The number of imidazole rings is 1. The number of ether oxygens (including phenoxy) is 1. The molecule has 0 N–H and O–H groups in total. The summed E-state index contributed by atoms with van der Waals surface area (Å²) in [6.07, 6.45) is 6.22. The molecule has 148 valence electrons. The number of rotatable bonds is 5. The summed E-state index contributed by atoms with van der Waals surface area (Å²) in [5, 5.41) is 10.9. The number of esters is 1. The number of benzene rings is 2. The Balaban J connectivity index is 1.46. The van der Waals surface area contributed by atoms with Gasteiger partial charge in [-0.05, 0) is 48.9 Å². The molecule has 0 atom stereocenters. The van der Waals surface area contributed by atoms with Crippen LogP contribution in [0, 0.1) is 17.0 Å². The average Bonchev–Trinajstić information content (AvgIpc) is 3.17. The van der Waals surface area contributed by atoms with Crippen molar-refractivity contribution in [2.45, 2.75) is 6.92 Å². The Morgan fingerprint density at radius 3 is 2.47 bits per heavy atom. The summed E-state index contributed by atoms with van der Waals surface area (Å²) in [5.41, 5.74) is 4.13. The lowest BCUT2D eigenvalue weighted by Gasteiger charge is -2.02. The summed E-state index contributed by atoms with van der Waals surface area (Å²) < 4.78 is 6.93. The highest BCUT2D eigenvalue weighted by atomic mass is 16.6. The van der Waals surface area contributed by atoms with E-state index in [1.807, 2.05) is 31.2 Å². The van der Waals surface area contributed by atoms with E-state index < -0.39 is 10.9 Å². The number of hydrogen-bond donors (Lipinski definition) is 0. The third kappa shape index (κ3) is 4.25. The van der Waals surface area contributed by atoms with Crippen molar-refractivity contribution in [2.75, 3.05) is 0 Å². The standard InChI is InChI=1S/C23H17N3O4/c1-16-2-4-17(5-3-16)6-13-23(27)30-20-10-7-18(8-11-20)21-15-25-14-19(26(28)29)9-12-22(25)24-21/h2-15H,1H3/b13-6+. The molecule has 0 aliphatic carbocycles. The Morgan fingerprint density at radius 2 is 1.77 bits per heavy atom. The van der Waals surface area contributed by atoms with E-state index in [-0.39, 0.29) is 5.69 Å². The van der Waals surface area contributed by atoms with Gasteiger partial charge in [-0.3, -0.25) is 14.5 Å².